The van der Waals surface area contributed by atoms with Crippen molar-refractivity contribution in [3.8, 4) is 0 Å². The molecule has 0 saturated heterocycles. The molecular formula is C13H11Cl2N. The lowest BCUT2D eigenvalue weighted by atomic mass is 10.1. The SMILES string of the molecule is Clc1ccc(CCc2ccncc2)cc1Cl. The monoisotopic (exact) mass is 251 g/mol. The Hall–Kier alpha value is -1.05. The quantitative estimate of drug-likeness (QED) is 0.798. The van der Waals surface area contributed by atoms with Crippen molar-refractivity contribution in [3.63, 3.8) is 0 Å². The van der Waals surface area contributed by atoms with Crippen LogP contribution in [0.15, 0.2) is 42.7 Å². The first-order valence-corrected chi connectivity index (χ1v) is 5.84. The molecule has 1 heterocycles. The fourth-order valence-electron chi connectivity index (χ4n) is 1.53. The van der Waals surface area contributed by atoms with Crippen molar-refractivity contribution in [3.05, 3.63) is 63.9 Å². The van der Waals surface area contributed by atoms with Crippen molar-refractivity contribution >= 4 is 23.2 Å². The van der Waals surface area contributed by atoms with Gasteiger partial charge in [0, 0.05) is 12.4 Å². The summed E-state index contributed by atoms with van der Waals surface area (Å²) < 4.78 is 0. The third-order valence-electron chi connectivity index (χ3n) is 2.44. The molecule has 0 amide bonds. The Labute approximate surface area is 105 Å². The molecule has 1 nitrogen and oxygen atoms in total. The predicted molar refractivity (Wildman–Crippen MR) is 68.1 cm³/mol. The van der Waals surface area contributed by atoms with Crippen molar-refractivity contribution in [1.82, 2.24) is 4.98 Å². The number of pyridine rings is 1. The summed E-state index contributed by atoms with van der Waals surface area (Å²) in [6, 6.07) is 9.82. The van der Waals surface area contributed by atoms with Gasteiger partial charge >= 0.3 is 0 Å². The number of hydrogen-bond acceptors (Lipinski definition) is 1. The van der Waals surface area contributed by atoms with Gasteiger partial charge in [0.05, 0.1) is 10.0 Å². The van der Waals surface area contributed by atoms with Gasteiger partial charge in [-0.2, -0.15) is 0 Å². The van der Waals surface area contributed by atoms with E-state index in [1.807, 2.05) is 42.7 Å². The molecule has 0 spiro atoms. The Bertz CT molecular complexity index is 469. The summed E-state index contributed by atoms with van der Waals surface area (Å²) in [5, 5.41) is 1.23. The van der Waals surface area contributed by atoms with E-state index in [2.05, 4.69) is 4.98 Å². The van der Waals surface area contributed by atoms with Gasteiger partial charge in [-0.3, -0.25) is 4.98 Å². The molecule has 2 aromatic rings. The van der Waals surface area contributed by atoms with Gasteiger partial charge in [0.25, 0.3) is 0 Å². The molecule has 0 aliphatic heterocycles. The number of rotatable bonds is 3. The summed E-state index contributed by atoms with van der Waals surface area (Å²) in [6.45, 7) is 0. The first-order chi connectivity index (χ1) is 7.75. The molecule has 82 valence electrons. The number of aryl methyl sites for hydroxylation is 2. The van der Waals surface area contributed by atoms with Crippen molar-refractivity contribution in [2.75, 3.05) is 0 Å². The van der Waals surface area contributed by atoms with Crippen molar-refractivity contribution < 1.29 is 0 Å². The molecule has 0 aliphatic rings. The summed E-state index contributed by atoms with van der Waals surface area (Å²) >= 11 is 11.8. The molecule has 0 radical (unpaired) electrons. The highest BCUT2D eigenvalue weighted by Crippen LogP contribution is 2.23. The van der Waals surface area contributed by atoms with Crippen LogP contribution in [-0.4, -0.2) is 4.98 Å². The van der Waals surface area contributed by atoms with Gasteiger partial charge in [0.2, 0.25) is 0 Å². The minimum Gasteiger partial charge on any atom is -0.265 e. The molecular weight excluding hydrogens is 241 g/mol. The highest BCUT2D eigenvalue weighted by molar-refractivity contribution is 6.42. The molecule has 0 atom stereocenters. The lowest BCUT2D eigenvalue weighted by Gasteiger charge is -2.03. The van der Waals surface area contributed by atoms with E-state index in [0.717, 1.165) is 12.8 Å². The second-order valence-corrected chi connectivity index (χ2v) is 4.42. The number of hydrogen-bond donors (Lipinski definition) is 0. The van der Waals surface area contributed by atoms with E-state index in [1.54, 1.807) is 0 Å². The standard InChI is InChI=1S/C13H11Cl2N/c14-12-4-3-11(9-13(12)15)2-1-10-5-7-16-8-6-10/h3-9H,1-2H2. The summed E-state index contributed by atoms with van der Waals surface area (Å²) in [5.74, 6) is 0. The first-order valence-electron chi connectivity index (χ1n) is 5.08. The minimum absolute atomic E-state index is 0.606. The molecule has 0 aliphatic carbocycles. The molecule has 0 N–H and O–H groups in total. The lowest BCUT2D eigenvalue weighted by molar-refractivity contribution is 0.955. The van der Waals surface area contributed by atoms with Crippen LogP contribution < -0.4 is 0 Å². The van der Waals surface area contributed by atoms with Crippen molar-refractivity contribution in [1.29, 1.82) is 0 Å². The summed E-state index contributed by atoms with van der Waals surface area (Å²) in [6.07, 6.45) is 5.57. The second kappa shape index (κ2) is 5.33. The second-order valence-electron chi connectivity index (χ2n) is 3.60. The predicted octanol–water partition coefficient (Wildman–Crippen LogP) is 4.17. The largest absolute Gasteiger partial charge is 0.265 e. The van der Waals surface area contributed by atoms with Crippen LogP contribution in [0.25, 0.3) is 0 Å². The molecule has 3 heteroatoms. The third-order valence-corrected chi connectivity index (χ3v) is 3.17. The van der Waals surface area contributed by atoms with Crippen LogP contribution in [0.2, 0.25) is 10.0 Å². The Morgan fingerprint density at radius 2 is 1.50 bits per heavy atom. The fraction of sp³-hybridized carbons (Fsp3) is 0.154. The molecule has 0 unspecified atom stereocenters. The topological polar surface area (TPSA) is 12.9 Å². The van der Waals surface area contributed by atoms with Gasteiger partial charge in [0.1, 0.15) is 0 Å². The van der Waals surface area contributed by atoms with E-state index >= 15 is 0 Å². The summed E-state index contributed by atoms with van der Waals surface area (Å²) in [4.78, 5) is 3.99. The number of nitrogens with zero attached hydrogens (tertiary/aromatic N) is 1. The molecule has 2 rings (SSSR count). The first kappa shape index (κ1) is 11.4. The van der Waals surface area contributed by atoms with Crippen LogP contribution in [0, 0.1) is 0 Å². The molecule has 16 heavy (non-hydrogen) atoms. The fourth-order valence-corrected chi connectivity index (χ4v) is 1.85. The van der Waals surface area contributed by atoms with E-state index in [9.17, 15) is 0 Å². The number of halogens is 2. The van der Waals surface area contributed by atoms with Crippen LogP contribution >= 0.6 is 23.2 Å². The maximum Gasteiger partial charge on any atom is 0.0595 e. The Balaban J connectivity index is 2.03. The molecule has 0 fully saturated rings. The molecule has 0 saturated carbocycles. The summed E-state index contributed by atoms with van der Waals surface area (Å²) in [7, 11) is 0. The minimum atomic E-state index is 0.606. The van der Waals surface area contributed by atoms with Crippen molar-refractivity contribution in [2.24, 2.45) is 0 Å². The Kier molecular flexibility index (Phi) is 3.81. The zero-order valence-corrected chi connectivity index (χ0v) is 10.2. The van der Waals surface area contributed by atoms with Crippen LogP contribution in [0.5, 0.6) is 0 Å². The van der Waals surface area contributed by atoms with Gasteiger partial charge in [0.15, 0.2) is 0 Å². The van der Waals surface area contributed by atoms with E-state index in [4.69, 9.17) is 23.2 Å². The third kappa shape index (κ3) is 2.97. The molecule has 0 bridgehead atoms. The Morgan fingerprint density at radius 1 is 0.812 bits per heavy atom. The van der Waals surface area contributed by atoms with Crippen LogP contribution in [0.4, 0.5) is 0 Å². The zero-order valence-electron chi connectivity index (χ0n) is 8.66. The van der Waals surface area contributed by atoms with E-state index in [1.165, 1.54) is 11.1 Å². The number of aromatic nitrogens is 1. The zero-order chi connectivity index (χ0) is 11.4. The Morgan fingerprint density at radius 3 is 2.19 bits per heavy atom. The maximum atomic E-state index is 5.95. The van der Waals surface area contributed by atoms with Crippen LogP contribution in [0.3, 0.4) is 0 Å². The molecule has 1 aromatic heterocycles. The van der Waals surface area contributed by atoms with Crippen LogP contribution in [-0.2, 0) is 12.8 Å². The highest BCUT2D eigenvalue weighted by Gasteiger charge is 2.00. The van der Waals surface area contributed by atoms with Crippen molar-refractivity contribution in [2.45, 2.75) is 12.8 Å². The van der Waals surface area contributed by atoms with E-state index < -0.39 is 0 Å². The average Bonchev–Trinajstić information content (AvgIpc) is 2.32. The summed E-state index contributed by atoms with van der Waals surface area (Å²) in [5.41, 5.74) is 2.48. The van der Waals surface area contributed by atoms with Gasteiger partial charge in [-0.05, 0) is 48.2 Å². The van der Waals surface area contributed by atoms with Gasteiger partial charge in [-0.1, -0.05) is 29.3 Å². The molecule has 1 aromatic carbocycles. The maximum absolute atomic E-state index is 5.95. The highest BCUT2D eigenvalue weighted by atomic mass is 35.5. The van der Waals surface area contributed by atoms with Gasteiger partial charge in [-0.15, -0.1) is 0 Å². The smallest absolute Gasteiger partial charge is 0.0595 e. The van der Waals surface area contributed by atoms with E-state index in [0.29, 0.717) is 10.0 Å². The van der Waals surface area contributed by atoms with Crippen LogP contribution in [0.1, 0.15) is 11.1 Å². The average molecular weight is 252 g/mol. The van der Waals surface area contributed by atoms with Gasteiger partial charge in [-0.25, -0.2) is 0 Å². The number of benzene rings is 1. The lowest BCUT2D eigenvalue weighted by Crippen LogP contribution is -1.91. The van der Waals surface area contributed by atoms with Gasteiger partial charge < -0.3 is 0 Å². The van der Waals surface area contributed by atoms with E-state index in [-0.39, 0.29) is 0 Å². The normalized spacial score (nSPS) is 10.4.